The molecule has 0 aliphatic heterocycles. The zero-order valence-corrected chi connectivity index (χ0v) is 14.7. The van der Waals surface area contributed by atoms with Crippen LogP contribution in [0.4, 0.5) is 35.1 Å². The second-order valence-corrected chi connectivity index (χ2v) is 7.51. The van der Waals surface area contributed by atoms with Crippen LogP contribution in [-0.4, -0.2) is 85.1 Å². The molecule has 0 fully saturated rings. The van der Waals surface area contributed by atoms with Crippen LogP contribution in [0.15, 0.2) is 0 Å². The minimum atomic E-state index is -5.06. The molecule has 0 aromatic rings. The first-order valence-corrected chi connectivity index (χ1v) is 9.30. The Balaban J connectivity index is -0.000000344. The zero-order valence-electron chi connectivity index (χ0n) is 13.1. The summed E-state index contributed by atoms with van der Waals surface area (Å²) in [5.41, 5.74) is 0. The highest BCUT2D eigenvalue weighted by Crippen LogP contribution is 2.24. The van der Waals surface area contributed by atoms with Gasteiger partial charge in [0.1, 0.15) is 11.5 Å². The van der Waals surface area contributed by atoms with Gasteiger partial charge in [0.2, 0.25) is 0 Å². The fraction of sp³-hybridized carbons (Fsp3) is 1.00. The molecule has 4 N–H and O–H groups in total. The first-order valence-electron chi connectivity index (χ1n) is 6.08. The summed E-state index contributed by atoms with van der Waals surface area (Å²) in [7, 11) is -10.1. The van der Waals surface area contributed by atoms with Crippen molar-refractivity contribution in [2.45, 2.75) is 37.7 Å². The Kier molecular flexibility index (Phi) is 13.6. The lowest BCUT2D eigenvalue weighted by molar-refractivity contribution is -0.111. The molecule has 0 spiro atoms. The maximum atomic E-state index is 11.8. The van der Waals surface area contributed by atoms with Crippen molar-refractivity contribution in [1.82, 2.24) is 0 Å². The molecular weight excluding hydrogens is 452 g/mol. The number of aliphatic hydroxyl groups is 2. The van der Waals surface area contributed by atoms with E-state index in [0.717, 1.165) is 0 Å². The lowest BCUT2D eigenvalue weighted by Crippen LogP contribution is -2.34. The Morgan fingerprint density at radius 2 is 0.963 bits per heavy atom. The lowest BCUT2D eigenvalue weighted by atomic mass is 10.4. The highest BCUT2D eigenvalue weighted by Gasteiger charge is 2.45. The minimum Gasteiger partial charge on any atom is -0.394 e. The first-order chi connectivity index (χ1) is 11.6. The summed E-state index contributed by atoms with van der Waals surface area (Å²) >= 11 is 0. The van der Waals surface area contributed by atoms with E-state index in [4.69, 9.17) is 19.3 Å². The van der Waals surface area contributed by atoms with Crippen molar-refractivity contribution >= 4 is 20.2 Å². The van der Waals surface area contributed by atoms with Crippen LogP contribution in [0, 0.1) is 0 Å². The molecule has 27 heavy (non-hydrogen) atoms. The van der Waals surface area contributed by atoms with Crippen molar-refractivity contribution in [3.8, 4) is 0 Å². The summed E-state index contributed by atoms with van der Waals surface area (Å²) in [5, 5.41) is 16.0. The van der Waals surface area contributed by atoms with Crippen molar-refractivity contribution in [2.75, 3.05) is 18.1 Å². The number of rotatable bonds is 7. The van der Waals surface area contributed by atoms with E-state index in [1.807, 2.05) is 0 Å². The van der Waals surface area contributed by atoms with Crippen LogP contribution in [0.1, 0.15) is 6.92 Å². The summed E-state index contributed by atoms with van der Waals surface area (Å²) in [4.78, 5) is 0. The Labute approximate surface area is 148 Å². The van der Waals surface area contributed by atoms with Gasteiger partial charge in [0.05, 0.1) is 12.7 Å². The molecule has 0 aliphatic carbocycles. The smallest absolute Gasteiger partial charge is 0.323 e. The predicted octanol–water partition coefficient (Wildman–Crippen LogP) is 0.909. The minimum absolute atomic E-state index is 0.139. The zero-order chi connectivity index (χ0) is 22.9. The van der Waals surface area contributed by atoms with Crippen LogP contribution in [0.25, 0.3) is 0 Å². The summed E-state index contributed by atoms with van der Waals surface area (Å²) in [6, 6.07) is 0. The van der Waals surface area contributed by atoms with E-state index in [-0.39, 0.29) is 6.61 Å². The Hall–Kier alpha value is -0.820. The van der Waals surface area contributed by atoms with E-state index >= 15 is 0 Å². The average Bonchev–Trinajstić information content (AvgIpc) is 2.34. The van der Waals surface area contributed by atoms with Gasteiger partial charge in [-0.25, -0.2) is 17.6 Å². The summed E-state index contributed by atoms with van der Waals surface area (Å²) in [6.45, 7) is 1.39. The quantitative estimate of drug-likeness (QED) is 0.318. The summed E-state index contributed by atoms with van der Waals surface area (Å²) < 4.78 is 146. The number of aliphatic hydroxyl groups excluding tert-OH is 2. The van der Waals surface area contributed by atoms with Crippen LogP contribution in [-0.2, 0) is 20.2 Å². The third kappa shape index (κ3) is 21.3. The third-order valence-electron chi connectivity index (χ3n) is 1.65. The van der Waals surface area contributed by atoms with E-state index in [1.54, 1.807) is 0 Å². The van der Waals surface area contributed by atoms with E-state index in [9.17, 15) is 52.0 Å². The number of hydrogen-bond donors (Lipinski definition) is 4. The lowest BCUT2D eigenvalue weighted by Gasteiger charge is -2.11. The molecule has 0 saturated heterocycles. The van der Waals surface area contributed by atoms with Crippen molar-refractivity contribution < 1.29 is 71.3 Å². The molecule has 0 heterocycles. The standard InChI is InChI=1S/2C3H4F4O3S.C3H8O2/c2*4-2(5)3(6,7)1-11(8,9)10;1-3(5)2-4/h2*2H,1H2,(H,8,9,10);3-5H,2H2,1H3. The first kappa shape index (κ1) is 30.9. The van der Waals surface area contributed by atoms with E-state index in [0.29, 0.717) is 0 Å². The van der Waals surface area contributed by atoms with Crippen molar-refractivity contribution in [2.24, 2.45) is 0 Å². The Morgan fingerprint density at radius 1 is 0.778 bits per heavy atom. The molecule has 8 nitrogen and oxygen atoms in total. The fourth-order valence-electron chi connectivity index (χ4n) is 0.612. The Morgan fingerprint density at radius 3 is 1.00 bits per heavy atom. The molecule has 0 aromatic carbocycles. The normalized spacial score (nSPS) is 14.2. The van der Waals surface area contributed by atoms with Gasteiger partial charge in [0.25, 0.3) is 20.2 Å². The number of halogens is 8. The van der Waals surface area contributed by atoms with Crippen LogP contribution < -0.4 is 0 Å². The third-order valence-corrected chi connectivity index (χ3v) is 3.15. The summed E-state index contributed by atoms with van der Waals surface area (Å²) in [6.07, 6.45) is -8.75. The molecule has 0 saturated carbocycles. The van der Waals surface area contributed by atoms with Gasteiger partial charge in [-0.2, -0.15) is 34.4 Å². The van der Waals surface area contributed by atoms with Crippen LogP contribution in [0.5, 0.6) is 0 Å². The molecule has 0 amide bonds. The van der Waals surface area contributed by atoms with E-state index in [1.165, 1.54) is 6.92 Å². The molecule has 0 aromatic heterocycles. The van der Waals surface area contributed by atoms with Crippen molar-refractivity contribution in [3.05, 3.63) is 0 Å². The molecule has 18 heteroatoms. The van der Waals surface area contributed by atoms with E-state index in [2.05, 4.69) is 0 Å². The Bertz CT molecular complexity index is 555. The van der Waals surface area contributed by atoms with Gasteiger partial charge < -0.3 is 10.2 Å². The molecule has 0 bridgehead atoms. The molecule has 1 atom stereocenters. The molecule has 0 radical (unpaired) electrons. The topological polar surface area (TPSA) is 149 Å². The number of alkyl halides is 8. The molecular formula is C9H16F8O8S2. The second kappa shape index (κ2) is 11.9. The summed E-state index contributed by atoms with van der Waals surface area (Å²) in [5.74, 6) is -13.9. The van der Waals surface area contributed by atoms with Gasteiger partial charge in [-0.3, -0.25) is 9.11 Å². The SMILES string of the molecule is CC(O)CO.O=S(=O)(O)CC(F)(F)C(F)F.O=S(=O)(O)CC(F)(F)C(F)F. The van der Waals surface area contributed by atoms with Gasteiger partial charge in [0, 0.05) is 0 Å². The molecule has 1 unspecified atom stereocenters. The number of hydrogen-bond acceptors (Lipinski definition) is 6. The highest BCUT2D eigenvalue weighted by molar-refractivity contribution is 7.86. The molecule has 0 aliphatic rings. The maximum Gasteiger partial charge on any atom is 0.323 e. The van der Waals surface area contributed by atoms with Crippen LogP contribution in [0.2, 0.25) is 0 Å². The molecule has 168 valence electrons. The predicted molar refractivity (Wildman–Crippen MR) is 73.5 cm³/mol. The van der Waals surface area contributed by atoms with Gasteiger partial charge in [-0.1, -0.05) is 0 Å². The van der Waals surface area contributed by atoms with Crippen LogP contribution in [0.3, 0.4) is 0 Å². The average molecular weight is 468 g/mol. The highest BCUT2D eigenvalue weighted by atomic mass is 32.2. The monoisotopic (exact) mass is 468 g/mol. The fourth-order valence-corrected chi connectivity index (χ4v) is 1.84. The van der Waals surface area contributed by atoms with E-state index < -0.39 is 62.5 Å². The van der Waals surface area contributed by atoms with Gasteiger partial charge in [-0.05, 0) is 6.92 Å². The van der Waals surface area contributed by atoms with Crippen molar-refractivity contribution in [3.63, 3.8) is 0 Å². The van der Waals surface area contributed by atoms with Crippen molar-refractivity contribution in [1.29, 1.82) is 0 Å². The second-order valence-electron chi connectivity index (χ2n) is 4.61. The molecule has 0 rings (SSSR count). The largest absolute Gasteiger partial charge is 0.394 e. The maximum absolute atomic E-state index is 11.8. The van der Waals surface area contributed by atoms with Crippen LogP contribution >= 0.6 is 0 Å². The van der Waals surface area contributed by atoms with Gasteiger partial charge in [0.15, 0.2) is 0 Å². The van der Waals surface area contributed by atoms with Gasteiger partial charge >= 0.3 is 24.7 Å². The van der Waals surface area contributed by atoms with Gasteiger partial charge in [-0.15, -0.1) is 0 Å².